The summed E-state index contributed by atoms with van der Waals surface area (Å²) in [6.07, 6.45) is 1.87. The standard InChI is InChI=1S/C11H14INO2/c12-9-4-3-5-10(8-9)13-11(15)6-1-2-7-14/h3-5,8,14H,1-2,6-7H2,(H,13,15). The lowest BCUT2D eigenvalue weighted by molar-refractivity contribution is -0.116. The second-order valence-corrected chi connectivity index (χ2v) is 4.48. The number of aliphatic hydroxyl groups is 1. The molecular weight excluding hydrogens is 305 g/mol. The number of nitrogens with one attached hydrogen (secondary N) is 1. The Morgan fingerprint density at radius 1 is 1.40 bits per heavy atom. The first-order valence-electron chi connectivity index (χ1n) is 4.88. The number of aliphatic hydroxyl groups excluding tert-OH is 1. The summed E-state index contributed by atoms with van der Waals surface area (Å²) >= 11 is 2.20. The van der Waals surface area contributed by atoms with E-state index in [9.17, 15) is 4.79 Å². The van der Waals surface area contributed by atoms with E-state index in [1.165, 1.54) is 0 Å². The van der Waals surface area contributed by atoms with Crippen LogP contribution in [0.2, 0.25) is 0 Å². The molecule has 0 unspecified atom stereocenters. The maximum Gasteiger partial charge on any atom is 0.224 e. The van der Waals surface area contributed by atoms with Crippen LogP contribution in [0, 0.1) is 3.57 Å². The van der Waals surface area contributed by atoms with Crippen LogP contribution in [0.15, 0.2) is 24.3 Å². The van der Waals surface area contributed by atoms with Crippen molar-refractivity contribution in [1.29, 1.82) is 0 Å². The molecule has 1 aromatic rings. The smallest absolute Gasteiger partial charge is 0.224 e. The van der Waals surface area contributed by atoms with Crippen LogP contribution >= 0.6 is 22.6 Å². The van der Waals surface area contributed by atoms with Gasteiger partial charge in [-0.1, -0.05) is 6.07 Å². The summed E-state index contributed by atoms with van der Waals surface area (Å²) in [7, 11) is 0. The van der Waals surface area contributed by atoms with E-state index in [2.05, 4.69) is 27.9 Å². The molecule has 2 N–H and O–H groups in total. The first-order valence-corrected chi connectivity index (χ1v) is 5.96. The Morgan fingerprint density at radius 2 is 2.20 bits per heavy atom. The van der Waals surface area contributed by atoms with Crippen molar-refractivity contribution in [2.45, 2.75) is 19.3 Å². The molecule has 4 heteroatoms. The highest BCUT2D eigenvalue weighted by molar-refractivity contribution is 14.1. The van der Waals surface area contributed by atoms with Crippen molar-refractivity contribution < 1.29 is 9.90 Å². The SMILES string of the molecule is O=C(CCCCO)Nc1cccc(I)c1. The molecule has 0 fully saturated rings. The van der Waals surface area contributed by atoms with Gasteiger partial charge < -0.3 is 10.4 Å². The first kappa shape index (κ1) is 12.4. The molecule has 1 rings (SSSR count). The molecule has 0 aliphatic rings. The van der Waals surface area contributed by atoms with Crippen LogP contribution in [0.4, 0.5) is 5.69 Å². The molecule has 3 nitrogen and oxygen atoms in total. The molecule has 0 aliphatic carbocycles. The summed E-state index contributed by atoms with van der Waals surface area (Å²) in [5.41, 5.74) is 0.830. The number of rotatable bonds is 5. The molecule has 0 aliphatic heterocycles. The summed E-state index contributed by atoms with van der Waals surface area (Å²) in [5.74, 6) is 0.00505. The van der Waals surface area contributed by atoms with Crippen molar-refractivity contribution >= 4 is 34.2 Å². The molecule has 0 radical (unpaired) electrons. The van der Waals surface area contributed by atoms with Crippen molar-refractivity contribution in [1.82, 2.24) is 0 Å². The van der Waals surface area contributed by atoms with E-state index in [-0.39, 0.29) is 12.5 Å². The van der Waals surface area contributed by atoms with Gasteiger partial charge in [-0.2, -0.15) is 0 Å². The van der Waals surface area contributed by atoms with E-state index < -0.39 is 0 Å². The minimum absolute atomic E-state index is 0.00505. The summed E-state index contributed by atoms with van der Waals surface area (Å²) in [6, 6.07) is 7.67. The van der Waals surface area contributed by atoms with E-state index in [4.69, 9.17) is 5.11 Å². The van der Waals surface area contributed by atoms with Gasteiger partial charge in [-0.25, -0.2) is 0 Å². The Bertz CT molecular complexity index is 328. The Hall–Kier alpha value is -0.620. The molecule has 1 aromatic carbocycles. The highest BCUT2D eigenvalue weighted by Crippen LogP contribution is 2.12. The second-order valence-electron chi connectivity index (χ2n) is 3.24. The van der Waals surface area contributed by atoms with Crippen LogP contribution < -0.4 is 5.32 Å². The highest BCUT2D eigenvalue weighted by Gasteiger charge is 2.01. The average molecular weight is 319 g/mol. The highest BCUT2D eigenvalue weighted by atomic mass is 127. The molecule has 15 heavy (non-hydrogen) atoms. The third kappa shape index (κ3) is 5.13. The quantitative estimate of drug-likeness (QED) is 0.647. The van der Waals surface area contributed by atoms with Gasteiger partial charge in [-0.05, 0) is 53.6 Å². The average Bonchev–Trinajstić information content (AvgIpc) is 2.18. The largest absolute Gasteiger partial charge is 0.396 e. The number of carbonyl (C=O) groups is 1. The normalized spacial score (nSPS) is 10.0. The Morgan fingerprint density at radius 3 is 2.87 bits per heavy atom. The maximum absolute atomic E-state index is 11.4. The van der Waals surface area contributed by atoms with Crippen LogP contribution in [0.3, 0.4) is 0 Å². The molecule has 0 saturated heterocycles. The number of carbonyl (C=O) groups excluding carboxylic acids is 1. The van der Waals surface area contributed by atoms with E-state index in [0.29, 0.717) is 12.8 Å². The van der Waals surface area contributed by atoms with Gasteiger partial charge in [0.25, 0.3) is 0 Å². The number of unbranched alkanes of at least 4 members (excludes halogenated alkanes) is 1. The maximum atomic E-state index is 11.4. The van der Waals surface area contributed by atoms with E-state index in [1.807, 2.05) is 24.3 Å². The number of anilines is 1. The van der Waals surface area contributed by atoms with Gasteiger partial charge in [0.2, 0.25) is 5.91 Å². The minimum Gasteiger partial charge on any atom is -0.396 e. The zero-order valence-electron chi connectivity index (χ0n) is 8.37. The number of hydrogen-bond donors (Lipinski definition) is 2. The predicted molar refractivity (Wildman–Crippen MR) is 68.7 cm³/mol. The van der Waals surface area contributed by atoms with Crippen molar-refractivity contribution in [3.63, 3.8) is 0 Å². The fourth-order valence-electron chi connectivity index (χ4n) is 1.19. The summed E-state index contributed by atoms with van der Waals surface area (Å²) in [5, 5.41) is 11.4. The van der Waals surface area contributed by atoms with Crippen LogP contribution in [-0.4, -0.2) is 17.6 Å². The molecule has 0 bridgehead atoms. The van der Waals surface area contributed by atoms with E-state index in [1.54, 1.807) is 0 Å². The van der Waals surface area contributed by atoms with Crippen molar-refractivity contribution in [3.05, 3.63) is 27.8 Å². The minimum atomic E-state index is 0.00505. The first-order chi connectivity index (χ1) is 7.22. The van der Waals surface area contributed by atoms with Crippen molar-refractivity contribution in [3.8, 4) is 0 Å². The van der Waals surface area contributed by atoms with Crippen LogP contribution in [0.1, 0.15) is 19.3 Å². The molecule has 0 atom stereocenters. The zero-order chi connectivity index (χ0) is 11.1. The molecule has 0 spiro atoms. The Kier molecular flexibility index (Phi) is 5.63. The number of halogens is 1. The fourth-order valence-corrected chi connectivity index (χ4v) is 1.73. The summed E-state index contributed by atoms with van der Waals surface area (Å²) in [4.78, 5) is 11.4. The third-order valence-electron chi connectivity index (χ3n) is 1.92. The van der Waals surface area contributed by atoms with Crippen molar-refractivity contribution in [2.75, 3.05) is 11.9 Å². The Labute approximate surface area is 103 Å². The van der Waals surface area contributed by atoms with Crippen LogP contribution in [0.25, 0.3) is 0 Å². The van der Waals surface area contributed by atoms with E-state index in [0.717, 1.165) is 15.7 Å². The molecule has 0 heterocycles. The third-order valence-corrected chi connectivity index (χ3v) is 2.59. The second kappa shape index (κ2) is 6.79. The molecule has 82 valence electrons. The lowest BCUT2D eigenvalue weighted by Crippen LogP contribution is -2.11. The van der Waals surface area contributed by atoms with Gasteiger partial charge in [0.15, 0.2) is 0 Å². The van der Waals surface area contributed by atoms with Gasteiger partial charge >= 0.3 is 0 Å². The Balaban J connectivity index is 2.37. The lowest BCUT2D eigenvalue weighted by atomic mass is 10.2. The number of amides is 1. The van der Waals surface area contributed by atoms with Crippen LogP contribution in [0.5, 0.6) is 0 Å². The predicted octanol–water partition coefficient (Wildman–Crippen LogP) is 2.39. The zero-order valence-corrected chi connectivity index (χ0v) is 10.5. The van der Waals surface area contributed by atoms with Crippen molar-refractivity contribution in [2.24, 2.45) is 0 Å². The topological polar surface area (TPSA) is 49.3 Å². The number of hydrogen-bond acceptors (Lipinski definition) is 2. The molecule has 0 aromatic heterocycles. The van der Waals surface area contributed by atoms with Gasteiger partial charge in [0.1, 0.15) is 0 Å². The monoisotopic (exact) mass is 319 g/mol. The van der Waals surface area contributed by atoms with Gasteiger partial charge in [0, 0.05) is 22.3 Å². The summed E-state index contributed by atoms with van der Waals surface area (Å²) in [6.45, 7) is 0.149. The fraction of sp³-hybridized carbons (Fsp3) is 0.364. The lowest BCUT2D eigenvalue weighted by Gasteiger charge is -2.04. The van der Waals surface area contributed by atoms with Gasteiger partial charge in [0.05, 0.1) is 0 Å². The molecule has 1 amide bonds. The van der Waals surface area contributed by atoms with Gasteiger partial charge in [-0.3, -0.25) is 4.79 Å². The molecular formula is C11H14INO2. The number of benzene rings is 1. The van der Waals surface area contributed by atoms with Crippen LogP contribution in [-0.2, 0) is 4.79 Å². The van der Waals surface area contributed by atoms with Gasteiger partial charge in [-0.15, -0.1) is 0 Å². The van der Waals surface area contributed by atoms with E-state index >= 15 is 0 Å². The molecule has 0 saturated carbocycles. The summed E-state index contributed by atoms with van der Waals surface area (Å²) < 4.78 is 1.10.